The summed E-state index contributed by atoms with van der Waals surface area (Å²) in [6.45, 7) is 0.362. The Morgan fingerprint density at radius 1 is 0.895 bits per heavy atom. The van der Waals surface area contributed by atoms with E-state index in [2.05, 4.69) is 15.3 Å². The van der Waals surface area contributed by atoms with Crippen molar-refractivity contribution in [1.82, 2.24) is 9.97 Å². The number of halogens is 4. The molecule has 0 unspecified atom stereocenters. The van der Waals surface area contributed by atoms with Gasteiger partial charge in [-0.05, 0) is 30.2 Å². The molecule has 0 bridgehead atoms. The standard InChI is InChI=1S/C27H21F4N3O3S/c1-35-23-11-17-19(13-24(23)36-2)32-9-7-21(17)37-22-14-25-20(12-18(22)28)34-26(38-25)33-8-6-15-4-3-5-16(10-15)27(29,30)31/h3-5,7,9-14H,6,8H2,1-2H3,(H,33,34). The number of ether oxygens (including phenoxy) is 3. The van der Waals surface area contributed by atoms with Gasteiger partial charge in [0.1, 0.15) is 5.75 Å². The fourth-order valence-corrected chi connectivity index (χ4v) is 4.86. The maximum atomic E-state index is 15.0. The summed E-state index contributed by atoms with van der Waals surface area (Å²) in [4.78, 5) is 8.72. The number of anilines is 1. The monoisotopic (exact) mass is 543 g/mol. The number of rotatable bonds is 8. The van der Waals surface area contributed by atoms with Gasteiger partial charge < -0.3 is 19.5 Å². The van der Waals surface area contributed by atoms with Crippen molar-refractivity contribution < 1.29 is 31.8 Å². The topological polar surface area (TPSA) is 65.5 Å². The van der Waals surface area contributed by atoms with Crippen molar-refractivity contribution in [3.05, 3.63) is 77.7 Å². The van der Waals surface area contributed by atoms with Crippen LogP contribution >= 0.6 is 11.3 Å². The van der Waals surface area contributed by atoms with E-state index in [-0.39, 0.29) is 5.75 Å². The van der Waals surface area contributed by atoms with Crippen LogP contribution in [0.4, 0.5) is 22.7 Å². The lowest BCUT2D eigenvalue weighted by molar-refractivity contribution is -0.137. The highest BCUT2D eigenvalue weighted by molar-refractivity contribution is 7.22. The van der Waals surface area contributed by atoms with Crippen LogP contribution in [0.15, 0.2) is 60.8 Å². The van der Waals surface area contributed by atoms with Crippen molar-refractivity contribution >= 4 is 37.6 Å². The van der Waals surface area contributed by atoms with Crippen LogP contribution in [0.2, 0.25) is 0 Å². The highest BCUT2D eigenvalue weighted by Gasteiger charge is 2.30. The number of pyridine rings is 1. The third-order valence-electron chi connectivity index (χ3n) is 5.81. The molecule has 196 valence electrons. The molecule has 5 rings (SSSR count). The molecule has 38 heavy (non-hydrogen) atoms. The van der Waals surface area contributed by atoms with Crippen LogP contribution in [0.1, 0.15) is 11.1 Å². The number of methoxy groups -OCH3 is 2. The molecule has 0 radical (unpaired) electrons. The van der Waals surface area contributed by atoms with Gasteiger partial charge in [0, 0.05) is 36.3 Å². The molecule has 3 aromatic carbocycles. The second kappa shape index (κ2) is 10.3. The molecule has 0 aliphatic heterocycles. The summed E-state index contributed by atoms with van der Waals surface area (Å²) in [5, 5.41) is 4.25. The molecule has 2 heterocycles. The van der Waals surface area contributed by atoms with Gasteiger partial charge in [0.2, 0.25) is 0 Å². The van der Waals surface area contributed by atoms with Crippen LogP contribution in [0.3, 0.4) is 0 Å². The Labute approximate surface area is 218 Å². The van der Waals surface area contributed by atoms with E-state index >= 15 is 0 Å². The number of hydrogen-bond donors (Lipinski definition) is 1. The Hall–Kier alpha value is -4.12. The second-order valence-electron chi connectivity index (χ2n) is 8.28. The van der Waals surface area contributed by atoms with E-state index in [0.29, 0.717) is 62.0 Å². The number of nitrogens with zero attached hydrogens (tertiary/aromatic N) is 2. The Balaban J connectivity index is 1.34. The van der Waals surface area contributed by atoms with E-state index < -0.39 is 17.6 Å². The maximum Gasteiger partial charge on any atom is 0.416 e. The zero-order valence-corrected chi connectivity index (χ0v) is 21.0. The third kappa shape index (κ3) is 5.28. The first-order chi connectivity index (χ1) is 18.2. The first kappa shape index (κ1) is 25.5. The van der Waals surface area contributed by atoms with Crippen molar-refractivity contribution in [1.29, 1.82) is 0 Å². The highest BCUT2D eigenvalue weighted by atomic mass is 32.1. The molecule has 0 aliphatic carbocycles. The summed E-state index contributed by atoms with van der Waals surface area (Å²) in [6, 6.07) is 13.1. The van der Waals surface area contributed by atoms with E-state index in [9.17, 15) is 17.6 Å². The Kier molecular flexibility index (Phi) is 6.94. The number of benzene rings is 3. The molecule has 11 heteroatoms. The average Bonchev–Trinajstić information content (AvgIpc) is 3.29. The van der Waals surface area contributed by atoms with E-state index in [1.165, 1.54) is 37.7 Å². The van der Waals surface area contributed by atoms with Gasteiger partial charge in [-0.2, -0.15) is 13.2 Å². The molecule has 6 nitrogen and oxygen atoms in total. The van der Waals surface area contributed by atoms with Crippen LogP contribution in [-0.2, 0) is 12.6 Å². The van der Waals surface area contributed by atoms with Crippen molar-refractivity contribution in [2.45, 2.75) is 12.6 Å². The molecule has 0 amide bonds. The number of fused-ring (bicyclic) bond motifs is 2. The average molecular weight is 544 g/mol. The van der Waals surface area contributed by atoms with E-state index in [1.807, 2.05) is 0 Å². The van der Waals surface area contributed by atoms with Crippen molar-refractivity contribution in [3.63, 3.8) is 0 Å². The summed E-state index contributed by atoms with van der Waals surface area (Å²) in [5.74, 6) is 0.799. The van der Waals surface area contributed by atoms with Gasteiger partial charge in [-0.15, -0.1) is 0 Å². The lowest BCUT2D eigenvalue weighted by Crippen LogP contribution is -2.08. The first-order valence-corrected chi connectivity index (χ1v) is 12.3. The Morgan fingerprint density at radius 2 is 1.68 bits per heavy atom. The van der Waals surface area contributed by atoms with Crippen molar-refractivity contribution in [2.75, 3.05) is 26.1 Å². The first-order valence-electron chi connectivity index (χ1n) is 11.4. The van der Waals surface area contributed by atoms with Gasteiger partial charge in [0.05, 0.1) is 35.5 Å². The molecule has 0 atom stereocenters. The molecule has 0 aliphatic rings. The number of hydrogen-bond acceptors (Lipinski definition) is 7. The largest absolute Gasteiger partial charge is 0.493 e. The second-order valence-corrected chi connectivity index (χ2v) is 9.31. The Morgan fingerprint density at radius 3 is 2.45 bits per heavy atom. The van der Waals surface area contributed by atoms with Crippen LogP contribution in [0.25, 0.3) is 21.1 Å². The van der Waals surface area contributed by atoms with Crippen LogP contribution < -0.4 is 19.5 Å². The normalized spacial score (nSPS) is 11.6. The minimum absolute atomic E-state index is 0.0129. The number of aromatic nitrogens is 2. The smallest absolute Gasteiger partial charge is 0.416 e. The summed E-state index contributed by atoms with van der Waals surface area (Å²) in [6.07, 6.45) is -2.47. The fraction of sp³-hybridized carbons (Fsp3) is 0.185. The predicted octanol–water partition coefficient (Wildman–Crippen LogP) is 7.47. The van der Waals surface area contributed by atoms with E-state index in [4.69, 9.17) is 14.2 Å². The van der Waals surface area contributed by atoms with Gasteiger partial charge in [0.15, 0.2) is 28.2 Å². The lowest BCUT2D eigenvalue weighted by atomic mass is 10.1. The molecule has 1 N–H and O–H groups in total. The summed E-state index contributed by atoms with van der Waals surface area (Å²) >= 11 is 1.29. The minimum atomic E-state index is -4.39. The lowest BCUT2D eigenvalue weighted by Gasteiger charge is -2.12. The van der Waals surface area contributed by atoms with Gasteiger partial charge in [-0.1, -0.05) is 29.5 Å². The maximum absolute atomic E-state index is 15.0. The van der Waals surface area contributed by atoms with Gasteiger partial charge in [-0.25, -0.2) is 9.37 Å². The van der Waals surface area contributed by atoms with E-state index in [1.54, 1.807) is 36.5 Å². The number of alkyl halides is 3. The molecular formula is C27H21F4N3O3S. The van der Waals surface area contributed by atoms with Crippen LogP contribution in [0.5, 0.6) is 23.0 Å². The van der Waals surface area contributed by atoms with Gasteiger partial charge >= 0.3 is 6.18 Å². The molecule has 0 fully saturated rings. The number of thiazole rings is 1. The molecule has 5 aromatic rings. The third-order valence-corrected chi connectivity index (χ3v) is 6.79. The quantitative estimate of drug-likeness (QED) is 0.205. The van der Waals surface area contributed by atoms with Crippen LogP contribution in [0, 0.1) is 5.82 Å². The zero-order valence-electron chi connectivity index (χ0n) is 20.2. The van der Waals surface area contributed by atoms with Crippen LogP contribution in [-0.4, -0.2) is 30.7 Å². The van der Waals surface area contributed by atoms with Gasteiger partial charge in [-0.3, -0.25) is 4.98 Å². The molecule has 0 saturated heterocycles. The summed E-state index contributed by atoms with van der Waals surface area (Å²) in [7, 11) is 3.04. The SMILES string of the molecule is COc1cc2nccc(Oc3cc4sc(NCCc5cccc(C(F)(F)F)c5)nc4cc3F)c2cc1OC. The van der Waals surface area contributed by atoms with E-state index in [0.717, 1.165) is 12.1 Å². The summed E-state index contributed by atoms with van der Waals surface area (Å²) in [5.41, 5.74) is 0.894. The minimum Gasteiger partial charge on any atom is -0.493 e. The molecule has 2 aromatic heterocycles. The highest BCUT2D eigenvalue weighted by Crippen LogP contribution is 2.39. The predicted molar refractivity (Wildman–Crippen MR) is 138 cm³/mol. The van der Waals surface area contributed by atoms with Crippen molar-refractivity contribution in [3.8, 4) is 23.0 Å². The fourth-order valence-electron chi connectivity index (χ4n) is 3.96. The molecule has 0 saturated carbocycles. The summed E-state index contributed by atoms with van der Waals surface area (Å²) < 4.78 is 71.1. The van der Waals surface area contributed by atoms with Gasteiger partial charge in [0.25, 0.3) is 0 Å². The number of nitrogens with one attached hydrogen (secondary N) is 1. The molecule has 0 spiro atoms. The zero-order chi connectivity index (χ0) is 26.9. The van der Waals surface area contributed by atoms with Crippen molar-refractivity contribution in [2.24, 2.45) is 0 Å². The Bertz CT molecular complexity index is 1620. The molecular weight excluding hydrogens is 522 g/mol.